The first kappa shape index (κ1) is 17.2. The SMILES string of the molecule is COC(=O)/C(=C\C1C=CC=C1)CNS(=O)(=O)c1ccc(C)cc1. The molecular weight excluding hydrogens is 314 g/mol. The molecule has 0 amide bonds. The van der Waals surface area contributed by atoms with Gasteiger partial charge in [-0.15, -0.1) is 0 Å². The minimum Gasteiger partial charge on any atom is -0.466 e. The summed E-state index contributed by atoms with van der Waals surface area (Å²) in [6, 6.07) is 6.50. The van der Waals surface area contributed by atoms with Crippen LogP contribution in [0.15, 0.2) is 65.1 Å². The van der Waals surface area contributed by atoms with E-state index in [1.165, 1.54) is 19.2 Å². The van der Waals surface area contributed by atoms with Crippen molar-refractivity contribution in [2.75, 3.05) is 13.7 Å². The Kier molecular flexibility index (Phi) is 5.52. The molecule has 0 saturated heterocycles. The number of ether oxygens (including phenoxy) is 1. The lowest BCUT2D eigenvalue weighted by molar-refractivity contribution is -0.136. The van der Waals surface area contributed by atoms with E-state index in [-0.39, 0.29) is 22.9 Å². The first-order chi connectivity index (χ1) is 10.9. The fraction of sp³-hybridized carbons (Fsp3) is 0.235. The molecule has 6 heteroatoms. The largest absolute Gasteiger partial charge is 0.466 e. The second-order valence-corrected chi connectivity index (χ2v) is 6.94. The standard InChI is InChI=1S/C17H19NO4S/c1-13-7-9-16(10-8-13)23(20,21)18-12-15(17(19)22-2)11-14-5-3-4-6-14/h3-11,14,18H,12H2,1-2H3/b15-11-. The third-order valence-corrected chi connectivity index (χ3v) is 4.82. The highest BCUT2D eigenvalue weighted by molar-refractivity contribution is 7.89. The zero-order chi connectivity index (χ0) is 16.9. The number of carbonyl (C=O) groups is 1. The van der Waals surface area contributed by atoms with Crippen LogP contribution in [0.2, 0.25) is 0 Å². The van der Waals surface area contributed by atoms with Crippen molar-refractivity contribution in [1.82, 2.24) is 4.72 Å². The van der Waals surface area contributed by atoms with Gasteiger partial charge >= 0.3 is 5.97 Å². The van der Waals surface area contributed by atoms with Crippen molar-refractivity contribution >= 4 is 16.0 Å². The molecule has 1 aromatic carbocycles. The molecule has 0 aromatic heterocycles. The summed E-state index contributed by atoms with van der Waals surface area (Å²) in [5.74, 6) is -0.585. The smallest absolute Gasteiger partial charge is 0.334 e. The monoisotopic (exact) mass is 333 g/mol. The number of carbonyl (C=O) groups excluding carboxylic acids is 1. The quantitative estimate of drug-likeness (QED) is 0.639. The average Bonchev–Trinajstić information content (AvgIpc) is 3.04. The molecule has 23 heavy (non-hydrogen) atoms. The van der Waals surface area contributed by atoms with Crippen molar-refractivity contribution in [2.24, 2.45) is 5.92 Å². The Morgan fingerprint density at radius 1 is 1.22 bits per heavy atom. The minimum absolute atomic E-state index is 0.0343. The van der Waals surface area contributed by atoms with Crippen LogP contribution in [0, 0.1) is 12.8 Å². The van der Waals surface area contributed by atoms with E-state index in [2.05, 4.69) is 4.72 Å². The Morgan fingerprint density at radius 3 is 2.39 bits per heavy atom. The topological polar surface area (TPSA) is 72.5 Å². The number of aryl methyl sites for hydroxylation is 1. The molecule has 1 aliphatic rings. The van der Waals surface area contributed by atoms with Crippen LogP contribution < -0.4 is 4.72 Å². The molecular formula is C17H19NO4S. The van der Waals surface area contributed by atoms with E-state index in [1.807, 2.05) is 31.2 Å². The highest BCUT2D eigenvalue weighted by atomic mass is 32.2. The van der Waals surface area contributed by atoms with Gasteiger partial charge in [-0.2, -0.15) is 0 Å². The molecule has 0 spiro atoms. The molecule has 0 fully saturated rings. The summed E-state index contributed by atoms with van der Waals surface area (Å²) in [6.45, 7) is 1.76. The number of rotatable bonds is 6. The zero-order valence-electron chi connectivity index (χ0n) is 13.0. The van der Waals surface area contributed by atoms with Gasteiger partial charge in [-0.25, -0.2) is 17.9 Å². The van der Waals surface area contributed by atoms with Gasteiger partial charge in [0, 0.05) is 18.0 Å². The van der Waals surface area contributed by atoms with E-state index in [0.29, 0.717) is 0 Å². The second-order valence-electron chi connectivity index (χ2n) is 5.17. The second kappa shape index (κ2) is 7.39. The van der Waals surface area contributed by atoms with Gasteiger partial charge in [0.2, 0.25) is 10.0 Å². The molecule has 5 nitrogen and oxygen atoms in total. The lowest BCUT2D eigenvalue weighted by Gasteiger charge is -2.10. The summed E-state index contributed by atoms with van der Waals surface area (Å²) in [5.41, 5.74) is 1.24. The van der Waals surface area contributed by atoms with Crippen LogP contribution in [0.1, 0.15) is 5.56 Å². The van der Waals surface area contributed by atoms with Gasteiger partial charge in [0.05, 0.1) is 12.0 Å². The Balaban J connectivity index is 2.14. The van der Waals surface area contributed by atoms with E-state index in [4.69, 9.17) is 4.74 Å². The summed E-state index contributed by atoms with van der Waals surface area (Å²) >= 11 is 0. The highest BCUT2D eigenvalue weighted by Crippen LogP contribution is 2.15. The van der Waals surface area contributed by atoms with E-state index >= 15 is 0 Å². The molecule has 0 heterocycles. The molecule has 1 aromatic rings. The van der Waals surface area contributed by atoms with Gasteiger partial charge in [-0.3, -0.25) is 0 Å². The molecule has 0 aliphatic heterocycles. The predicted molar refractivity (Wildman–Crippen MR) is 88.2 cm³/mol. The van der Waals surface area contributed by atoms with E-state index in [0.717, 1.165) is 5.56 Å². The Morgan fingerprint density at radius 2 is 1.83 bits per heavy atom. The molecule has 0 saturated carbocycles. The van der Waals surface area contributed by atoms with Crippen molar-refractivity contribution in [2.45, 2.75) is 11.8 Å². The molecule has 2 rings (SSSR count). The van der Waals surface area contributed by atoms with E-state index in [9.17, 15) is 13.2 Å². The fourth-order valence-corrected chi connectivity index (χ4v) is 3.10. The minimum atomic E-state index is -3.68. The molecule has 1 aliphatic carbocycles. The summed E-state index contributed by atoms with van der Waals surface area (Å²) < 4.78 is 31.7. The van der Waals surface area contributed by atoms with E-state index in [1.54, 1.807) is 18.2 Å². The summed E-state index contributed by atoms with van der Waals surface area (Å²) in [6.07, 6.45) is 9.22. The Bertz CT molecular complexity index is 746. The lowest BCUT2D eigenvalue weighted by atomic mass is 10.1. The fourth-order valence-electron chi connectivity index (χ4n) is 2.10. The number of esters is 1. The maximum Gasteiger partial charge on any atom is 0.334 e. The van der Waals surface area contributed by atoms with Crippen molar-refractivity contribution in [3.63, 3.8) is 0 Å². The lowest BCUT2D eigenvalue weighted by Crippen LogP contribution is -2.28. The van der Waals surface area contributed by atoms with Crippen LogP contribution in [0.4, 0.5) is 0 Å². The van der Waals surface area contributed by atoms with Crippen LogP contribution in [0.5, 0.6) is 0 Å². The maximum atomic E-state index is 12.3. The number of nitrogens with one attached hydrogen (secondary N) is 1. The number of benzene rings is 1. The van der Waals surface area contributed by atoms with Crippen LogP contribution in [0.3, 0.4) is 0 Å². The molecule has 0 radical (unpaired) electrons. The summed E-state index contributed by atoms with van der Waals surface area (Å²) in [7, 11) is -2.41. The number of hydrogen-bond acceptors (Lipinski definition) is 4. The molecule has 122 valence electrons. The van der Waals surface area contributed by atoms with Crippen molar-refractivity contribution in [1.29, 1.82) is 0 Å². The Labute approximate surface area is 136 Å². The number of methoxy groups -OCH3 is 1. The highest BCUT2D eigenvalue weighted by Gasteiger charge is 2.18. The van der Waals surface area contributed by atoms with Gasteiger partial charge in [-0.1, -0.05) is 48.1 Å². The van der Waals surface area contributed by atoms with Crippen molar-refractivity contribution in [3.05, 3.63) is 65.8 Å². The van der Waals surface area contributed by atoms with Crippen LogP contribution >= 0.6 is 0 Å². The average molecular weight is 333 g/mol. The molecule has 1 N–H and O–H groups in total. The number of allylic oxidation sites excluding steroid dienone is 5. The normalized spacial score (nSPS) is 15.1. The first-order valence-corrected chi connectivity index (χ1v) is 8.61. The maximum absolute atomic E-state index is 12.3. The zero-order valence-corrected chi connectivity index (χ0v) is 13.8. The first-order valence-electron chi connectivity index (χ1n) is 7.13. The van der Waals surface area contributed by atoms with Crippen molar-refractivity contribution in [3.8, 4) is 0 Å². The van der Waals surface area contributed by atoms with E-state index < -0.39 is 16.0 Å². The van der Waals surface area contributed by atoms with Crippen molar-refractivity contribution < 1.29 is 17.9 Å². The third-order valence-electron chi connectivity index (χ3n) is 3.40. The van der Waals surface area contributed by atoms with Crippen LogP contribution in [-0.4, -0.2) is 28.0 Å². The summed E-state index contributed by atoms with van der Waals surface area (Å²) in [4.78, 5) is 12.0. The van der Waals surface area contributed by atoms with Gasteiger partial charge in [0.1, 0.15) is 0 Å². The van der Waals surface area contributed by atoms with Crippen LogP contribution in [-0.2, 0) is 19.6 Å². The molecule has 0 bridgehead atoms. The number of sulfonamides is 1. The van der Waals surface area contributed by atoms with Crippen LogP contribution in [0.25, 0.3) is 0 Å². The predicted octanol–water partition coefficient (Wildman–Crippen LogP) is 2.11. The van der Waals surface area contributed by atoms with Gasteiger partial charge in [0.15, 0.2) is 0 Å². The van der Waals surface area contributed by atoms with Gasteiger partial charge in [0.25, 0.3) is 0 Å². The third kappa shape index (κ3) is 4.64. The number of hydrogen-bond donors (Lipinski definition) is 1. The molecule has 0 unspecified atom stereocenters. The van der Waals surface area contributed by atoms with Gasteiger partial charge < -0.3 is 4.74 Å². The van der Waals surface area contributed by atoms with Gasteiger partial charge in [-0.05, 0) is 19.1 Å². The molecule has 0 atom stereocenters. The summed E-state index contributed by atoms with van der Waals surface area (Å²) in [5, 5.41) is 0. The Hall–Kier alpha value is -2.18.